The van der Waals surface area contributed by atoms with Gasteiger partial charge in [0.25, 0.3) is 0 Å². The maximum absolute atomic E-state index is 12.3. The molecule has 7 heteroatoms. The molecule has 118 valence electrons. The van der Waals surface area contributed by atoms with Crippen LogP contribution in [0.5, 0.6) is 0 Å². The van der Waals surface area contributed by atoms with Crippen molar-refractivity contribution in [2.24, 2.45) is 5.92 Å². The average Bonchev–Trinajstić information content (AvgIpc) is 2.43. The molecular formula is C14H21BrN2O3S. The maximum Gasteiger partial charge on any atom is 0.242 e. The highest BCUT2D eigenvalue weighted by atomic mass is 79.9. The highest BCUT2D eigenvalue weighted by molar-refractivity contribution is 9.10. The van der Waals surface area contributed by atoms with Gasteiger partial charge in [-0.3, -0.25) is 0 Å². The van der Waals surface area contributed by atoms with E-state index in [2.05, 4.69) is 27.6 Å². The lowest BCUT2D eigenvalue weighted by molar-refractivity contribution is -0.00182. The first-order valence-electron chi connectivity index (χ1n) is 6.99. The number of nitrogens with one attached hydrogen (secondary N) is 1. The van der Waals surface area contributed by atoms with Crippen LogP contribution < -0.4 is 10.5 Å². The smallest absolute Gasteiger partial charge is 0.242 e. The van der Waals surface area contributed by atoms with Gasteiger partial charge in [-0.1, -0.05) is 22.9 Å². The van der Waals surface area contributed by atoms with E-state index in [0.29, 0.717) is 23.2 Å². The number of anilines is 1. The van der Waals surface area contributed by atoms with Gasteiger partial charge in [0.2, 0.25) is 10.0 Å². The minimum atomic E-state index is -3.73. The molecule has 21 heavy (non-hydrogen) atoms. The highest BCUT2D eigenvalue weighted by Crippen LogP contribution is 2.32. The number of nitrogens with two attached hydrogens (primary N) is 1. The third-order valence-electron chi connectivity index (χ3n) is 4.06. The van der Waals surface area contributed by atoms with Crippen molar-refractivity contribution in [2.75, 3.05) is 12.3 Å². The fourth-order valence-electron chi connectivity index (χ4n) is 2.52. The van der Waals surface area contributed by atoms with Crippen LogP contribution >= 0.6 is 15.9 Å². The lowest BCUT2D eigenvalue weighted by Crippen LogP contribution is -2.45. The molecule has 0 amide bonds. The van der Waals surface area contributed by atoms with Gasteiger partial charge >= 0.3 is 0 Å². The van der Waals surface area contributed by atoms with E-state index < -0.39 is 15.6 Å². The van der Waals surface area contributed by atoms with Crippen molar-refractivity contribution in [2.45, 2.75) is 43.1 Å². The van der Waals surface area contributed by atoms with E-state index in [-0.39, 0.29) is 17.1 Å². The number of hydrogen-bond donors (Lipinski definition) is 3. The van der Waals surface area contributed by atoms with Crippen LogP contribution in [0.3, 0.4) is 0 Å². The Kier molecular flexibility index (Phi) is 4.97. The first-order valence-corrected chi connectivity index (χ1v) is 9.27. The molecule has 0 radical (unpaired) electrons. The number of benzene rings is 1. The summed E-state index contributed by atoms with van der Waals surface area (Å²) in [6, 6.07) is 4.69. The van der Waals surface area contributed by atoms with Crippen LogP contribution in [-0.2, 0) is 10.0 Å². The monoisotopic (exact) mass is 376 g/mol. The molecule has 0 atom stereocenters. The summed E-state index contributed by atoms with van der Waals surface area (Å²) in [6.45, 7) is 2.17. The molecule has 0 bridgehead atoms. The Bertz CT molecular complexity index is 611. The topological polar surface area (TPSA) is 92.4 Å². The standard InChI is InChI=1S/C14H21BrN2O3S/c1-10-4-6-14(18,7-5-10)9-17-21(19,20)13-8-11(15)2-3-12(13)16/h2-3,8,10,17-18H,4-7,9,16H2,1H3. The molecule has 0 spiro atoms. The van der Waals surface area contributed by atoms with Crippen molar-refractivity contribution in [3.63, 3.8) is 0 Å². The highest BCUT2D eigenvalue weighted by Gasteiger charge is 2.33. The zero-order valence-electron chi connectivity index (χ0n) is 12.0. The Labute approximate surface area is 134 Å². The summed E-state index contributed by atoms with van der Waals surface area (Å²) in [7, 11) is -3.73. The average molecular weight is 377 g/mol. The van der Waals surface area contributed by atoms with E-state index in [0.717, 1.165) is 12.8 Å². The second-order valence-electron chi connectivity index (χ2n) is 5.91. The largest absolute Gasteiger partial charge is 0.398 e. The second-order valence-corrected chi connectivity index (χ2v) is 8.56. The van der Waals surface area contributed by atoms with E-state index in [1.54, 1.807) is 6.07 Å². The molecule has 0 unspecified atom stereocenters. The van der Waals surface area contributed by atoms with Crippen LogP contribution in [0.1, 0.15) is 32.6 Å². The van der Waals surface area contributed by atoms with Crippen LogP contribution in [-0.4, -0.2) is 25.7 Å². The first-order chi connectivity index (χ1) is 9.72. The predicted octanol–water partition coefficient (Wildman–Crippen LogP) is 2.25. The Hall–Kier alpha value is -0.630. The summed E-state index contributed by atoms with van der Waals surface area (Å²) >= 11 is 3.24. The summed E-state index contributed by atoms with van der Waals surface area (Å²) in [5.41, 5.74) is 4.96. The van der Waals surface area contributed by atoms with Gasteiger partial charge in [0.05, 0.1) is 11.3 Å². The Morgan fingerprint density at radius 2 is 2.05 bits per heavy atom. The van der Waals surface area contributed by atoms with Crippen molar-refractivity contribution in [1.82, 2.24) is 4.72 Å². The summed E-state index contributed by atoms with van der Waals surface area (Å²) in [5.74, 6) is 0.586. The lowest BCUT2D eigenvalue weighted by atomic mass is 9.80. The van der Waals surface area contributed by atoms with E-state index in [1.165, 1.54) is 12.1 Å². The number of halogens is 1. The Balaban J connectivity index is 2.09. The van der Waals surface area contributed by atoms with Crippen molar-refractivity contribution in [1.29, 1.82) is 0 Å². The van der Waals surface area contributed by atoms with Gasteiger partial charge < -0.3 is 10.8 Å². The van der Waals surface area contributed by atoms with Crippen LogP contribution in [0.15, 0.2) is 27.6 Å². The SMILES string of the molecule is CC1CCC(O)(CNS(=O)(=O)c2cc(Br)ccc2N)CC1. The van der Waals surface area contributed by atoms with Gasteiger partial charge in [-0.25, -0.2) is 13.1 Å². The Morgan fingerprint density at radius 3 is 2.67 bits per heavy atom. The van der Waals surface area contributed by atoms with Gasteiger partial charge in [0.15, 0.2) is 0 Å². The van der Waals surface area contributed by atoms with Crippen molar-refractivity contribution >= 4 is 31.6 Å². The third kappa shape index (κ3) is 4.18. The molecule has 1 aromatic carbocycles. The number of rotatable bonds is 4. The molecule has 0 heterocycles. The molecule has 5 nitrogen and oxygen atoms in total. The van der Waals surface area contributed by atoms with Crippen molar-refractivity contribution in [3.8, 4) is 0 Å². The molecule has 0 saturated heterocycles. The van der Waals surface area contributed by atoms with E-state index >= 15 is 0 Å². The minimum absolute atomic E-state index is 0.0218. The van der Waals surface area contributed by atoms with Crippen molar-refractivity contribution < 1.29 is 13.5 Å². The normalized spacial score (nSPS) is 26.7. The lowest BCUT2D eigenvalue weighted by Gasteiger charge is -2.34. The summed E-state index contributed by atoms with van der Waals surface area (Å²) in [4.78, 5) is 0.0321. The molecule has 1 aromatic rings. The first kappa shape index (κ1) is 16.7. The summed E-state index contributed by atoms with van der Waals surface area (Å²) in [6.07, 6.45) is 3.06. The molecule has 1 saturated carbocycles. The second kappa shape index (κ2) is 6.24. The predicted molar refractivity (Wildman–Crippen MR) is 86.3 cm³/mol. The van der Waals surface area contributed by atoms with E-state index in [1.807, 2.05) is 0 Å². The van der Waals surface area contributed by atoms with Gasteiger partial charge in [-0.2, -0.15) is 0 Å². The van der Waals surface area contributed by atoms with Crippen LogP contribution in [0.25, 0.3) is 0 Å². The summed E-state index contributed by atoms with van der Waals surface area (Å²) < 4.78 is 27.8. The van der Waals surface area contributed by atoms with Crippen molar-refractivity contribution in [3.05, 3.63) is 22.7 Å². The molecule has 4 N–H and O–H groups in total. The molecule has 2 rings (SSSR count). The number of aliphatic hydroxyl groups is 1. The van der Waals surface area contributed by atoms with Gasteiger partial charge in [-0.05, 0) is 49.8 Å². The Morgan fingerprint density at radius 1 is 1.43 bits per heavy atom. The molecule has 0 aliphatic heterocycles. The van der Waals surface area contributed by atoms with Crippen LogP contribution in [0.4, 0.5) is 5.69 Å². The molecule has 1 aliphatic carbocycles. The number of hydrogen-bond acceptors (Lipinski definition) is 4. The van der Waals surface area contributed by atoms with E-state index in [4.69, 9.17) is 5.73 Å². The maximum atomic E-state index is 12.3. The van der Waals surface area contributed by atoms with Crippen LogP contribution in [0.2, 0.25) is 0 Å². The zero-order valence-corrected chi connectivity index (χ0v) is 14.4. The fraction of sp³-hybridized carbons (Fsp3) is 0.571. The quantitative estimate of drug-likeness (QED) is 0.702. The molecular weight excluding hydrogens is 356 g/mol. The molecule has 0 aromatic heterocycles. The zero-order chi connectivity index (χ0) is 15.7. The van der Waals surface area contributed by atoms with Crippen LogP contribution in [0, 0.1) is 5.92 Å². The molecule has 1 fully saturated rings. The van der Waals surface area contributed by atoms with Gasteiger partial charge in [0, 0.05) is 11.0 Å². The third-order valence-corrected chi connectivity index (χ3v) is 6.01. The van der Waals surface area contributed by atoms with E-state index in [9.17, 15) is 13.5 Å². The number of sulfonamides is 1. The van der Waals surface area contributed by atoms with Gasteiger partial charge in [0.1, 0.15) is 4.90 Å². The minimum Gasteiger partial charge on any atom is -0.398 e. The summed E-state index contributed by atoms with van der Waals surface area (Å²) in [5, 5.41) is 10.5. The fourth-order valence-corrected chi connectivity index (χ4v) is 4.31. The molecule has 1 aliphatic rings. The number of nitrogen functional groups attached to an aromatic ring is 1. The van der Waals surface area contributed by atoms with Gasteiger partial charge in [-0.15, -0.1) is 0 Å².